The standard InChI is InChI=1S/C19H18N2S/c1-12(2)19(11-21)13(3)8-18-16(19)9-17(22-18)15-7-5-4-6-14(15)10-20/h4-7,9,12-13H,8H2,1-3H3/t13-,19+/m1/s1. The summed E-state index contributed by atoms with van der Waals surface area (Å²) in [5.41, 5.74) is 2.46. The minimum atomic E-state index is -0.397. The van der Waals surface area contributed by atoms with Crippen LogP contribution in [0.4, 0.5) is 0 Å². The summed E-state index contributed by atoms with van der Waals surface area (Å²) >= 11 is 1.74. The smallest absolute Gasteiger partial charge is 0.0998 e. The molecule has 3 rings (SSSR count). The third kappa shape index (κ3) is 1.90. The molecule has 1 aliphatic rings. The lowest BCUT2D eigenvalue weighted by molar-refractivity contribution is 0.302. The van der Waals surface area contributed by atoms with Crippen LogP contribution < -0.4 is 0 Å². The Hall–Kier alpha value is -2.10. The van der Waals surface area contributed by atoms with Crippen molar-refractivity contribution in [3.8, 4) is 22.6 Å². The van der Waals surface area contributed by atoms with Gasteiger partial charge in [-0.25, -0.2) is 0 Å². The van der Waals surface area contributed by atoms with E-state index in [1.54, 1.807) is 11.3 Å². The minimum absolute atomic E-state index is 0.280. The molecule has 1 heterocycles. The average molecular weight is 306 g/mol. The third-order valence-corrected chi connectivity index (χ3v) is 6.12. The lowest BCUT2D eigenvalue weighted by atomic mass is 9.69. The van der Waals surface area contributed by atoms with E-state index in [9.17, 15) is 10.5 Å². The van der Waals surface area contributed by atoms with E-state index in [0.717, 1.165) is 16.9 Å². The molecule has 0 radical (unpaired) electrons. The number of rotatable bonds is 2. The molecule has 0 saturated heterocycles. The van der Waals surface area contributed by atoms with Gasteiger partial charge in [-0.05, 0) is 36.0 Å². The van der Waals surface area contributed by atoms with Crippen LogP contribution in [0.5, 0.6) is 0 Å². The number of benzene rings is 1. The van der Waals surface area contributed by atoms with Gasteiger partial charge in [0, 0.05) is 15.3 Å². The monoisotopic (exact) mass is 306 g/mol. The van der Waals surface area contributed by atoms with E-state index in [-0.39, 0.29) is 5.92 Å². The van der Waals surface area contributed by atoms with Crippen LogP contribution in [-0.4, -0.2) is 0 Å². The number of hydrogen-bond acceptors (Lipinski definition) is 3. The molecule has 0 saturated carbocycles. The fourth-order valence-electron chi connectivity index (χ4n) is 3.74. The molecule has 110 valence electrons. The molecule has 2 nitrogen and oxygen atoms in total. The second-order valence-corrected chi connectivity index (χ2v) is 7.48. The first-order valence-corrected chi connectivity index (χ1v) is 8.40. The van der Waals surface area contributed by atoms with Crippen molar-refractivity contribution in [2.75, 3.05) is 0 Å². The zero-order valence-electron chi connectivity index (χ0n) is 13.1. The highest BCUT2D eigenvalue weighted by molar-refractivity contribution is 7.15. The molecule has 0 bridgehead atoms. The Morgan fingerprint density at radius 3 is 2.64 bits per heavy atom. The Balaban J connectivity index is 2.17. The molecule has 1 aliphatic carbocycles. The summed E-state index contributed by atoms with van der Waals surface area (Å²) in [6.07, 6.45) is 0.959. The van der Waals surface area contributed by atoms with Gasteiger partial charge in [0.2, 0.25) is 0 Å². The van der Waals surface area contributed by atoms with Crippen molar-refractivity contribution in [2.45, 2.75) is 32.6 Å². The Morgan fingerprint density at radius 2 is 2.00 bits per heavy atom. The van der Waals surface area contributed by atoms with Crippen molar-refractivity contribution in [1.29, 1.82) is 10.5 Å². The predicted octanol–water partition coefficient (Wildman–Crippen LogP) is 4.90. The van der Waals surface area contributed by atoms with Crippen molar-refractivity contribution in [1.82, 2.24) is 0 Å². The topological polar surface area (TPSA) is 47.6 Å². The predicted molar refractivity (Wildman–Crippen MR) is 89.5 cm³/mol. The highest BCUT2D eigenvalue weighted by Crippen LogP contribution is 2.52. The van der Waals surface area contributed by atoms with E-state index in [0.29, 0.717) is 11.5 Å². The number of hydrogen-bond donors (Lipinski definition) is 0. The van der Waals surface area contributed by atoms with Crippen LogP contribution in [-0.2, 0) is 11.8 Å². The summed E-state index contributed by atoms with van der Waals surface area (Å²) in [7, 11) is 0. The molecule has 0 spiro atoms. The number of fused-ring (bicyclic) bond motifs is 1. The van der Waals surface area contributed by atoms with Crippen molar-refractivity contribution in [3.63, 3.8) is 0 Å². The maximum Gasteiger partial charge on any atom is 0.0998 e. The van der Waals surface area contributed by atoms with Crippen LogP contribution in [0.3, 0.4) is 0 Å². The first kappa shape index (κ1) is 14.8. The molecule has 1 aromatic heterocycles. The summed E-state index contributed by atoms with van der Waals surface area (Å²) in [5.74, 6) is 0.626. The molecule has 3 heteroatoms. The fourth-order valence-corrected chi connectivity index (χ4v) is 5.14. The van der Waals surface area contributed by atoms with E-state index in [4.69, 9.17) is 0 Å². The first-order valence-electron chi connectivity index (χ1n) is 7.58. The molecular formula is C19H18N2S. The maximum absolute atomic E-state index is 9.89. The molecule has 2 aromatic rings. The van der Waals surface area contributed by atoms with Gasteiger partial charge in [0.05, 0.1) is 23.1 Å². The van der Waals surface area contributed by atoms with Crippen molar-refractivity contribution < 1.29 is 0 Å². The van der Waals surface area contributed by atoms with Gasteiger partial charge in [0.25, 0.3) is 0 Å². The van der Waals surface area contributed by atoms with E-state index in [2.05, 4.69) is 39.0 Å². The highest BCUT2D eigenvalue weighted by atomic mass is 32.1. The highest BCUT2D eigenvalue weighted by Gasteiger charge is 2.48. The van der Waals surface area contributed by atoms with Crippen LogP contribution in [0.25, 0.3) is 10.4 Å². The third-order valence-electron chi connectivity index (χ3n) is 4.93. The minimum Gasteiger partial charge on any atom is -0.197 e. The van der Waals surface area contributed by atoms with Crippen molar-refractivity contribution >= 4 is 11.3 Å². The van der Waals surface area contributed by atoms with Gasteiger partial charge in [-0.1, -0.05) is 39.0 Å². The lowest BCUT2D eigenvalue weighted by Crippen LogP contribution is -2.34. The molecule has 0 unspecified atom stereocenters. The quantitative estimate of drug-likeness (QED) is 0.792. The van der Waals surface area contributed by atoms with E-state index >= 15 is 0 Å². The Morgan fingerprint density at radius 1 is 1.27 bits per heavy atom. The van der Waals surface area contributed by atoms with Crippen LogP contribution in [0, 0.1) is 34.5 Å². The maximum atomic E-state index is 9.89. The van der Waals surface area contributed by atoms with E-state index in [1.807, 2.05) is 24.3 Å². The van der Waals surface area contributed by atoms with Gasteiger partial charge < -0.3 is 0 Å². The van der Waals surface area contributed by atoms with E-state index < -0.39 is 5.41 Å². The van der Waals surface area contributed by atoms with Gasteiger partial charge >= 0.3 is 0 Å². The summed E-state index contributed by atoms with van der Waals surface area (Å²) in [6, 6.07) is 14.7. The van der Waals surface area contributed by atoms with Crippen molar-refractivity contribution in [2.24, 2.45) is 11.8 Å². The van der Waals surface area contributed by atoms with Gasteiger partial charge in [-0.3, -0.25) is 0 Å². The molecule has 0 fully saturated rings. The Kier molecular flexibility index (Phi) is 3.55. The van der Waals surface area contributed by atoms with Crippen LogP contribution in [0.1, 0.15) is 36.8 Å². The van der Waals surface area contributed by atoms with Crippen molar-refractivity contribution in [3.05, 3.63) is 46.3 Å². The van der Waals surface area contributed by atoms with E-state index in [1.165, 1.54) is 10.4 Å². The number of thiophene rings is 1. The van der Waals surface area contributed by atoms with Gasteiger partial charge in [0.1, 0.15) is 0 Å². The SMILES string of the molecule is CC(C)[C@]1(C#N)c2cc(-c3ccccc3C#N)sc2C[C@H]1C. The van der Waals surface area contributed by atoms with Gasteiger partial charge in [-0.15, -0.1) is 11.3 Å². The largest absolute Gasteiger partial charge is 0.197 e. The molecule has 0 amide bonds. The number of nitriles is 2. The second kappa shape index (κ2) is 5.27. The second-order valence-electron chi connectivity index (χ2n) is 6.35. The Labute approximate surface area is 135 Å². The zero-order valence-corrected chi connectivity index (χ0v) is 13.9. The number of nitrogens with zero attached hydrogens (tertiary/aromatic N) is 2. The summed E-state index contributed by atoms with van der Waals surface area (Å²) in [4.78, 5) is 2.42. The average Bonchev–Trinajstić information content (AvgIpc) is 3.02. The van der Waals surface area contributed by atoms with Crippen LogP contribution >= 0.6 is 11.3 Å². The molecule has 2 atom stereocenters. The summed E-state index contributed by atoms with van der Waals surface area (Å²) < 4.78 is 0. The van der Waals surface area contributed by atoms with Gasteiger partial charge in [0.15, 0.2) is 0 Å². The lowest BCUT2D eigenvalue weighted by Gasteiger charge is -2.31. The molecular weight excluding hydrogens is 288 g/mol. The summed E-state index contributed by atoms with van der Waals surface area (Å²) in [6.45, 7) is 6.45. The van der Waals surface area contributed by atoms with Crippen LogP contribution in [0.15, 0.2) is 30.3 Å². The Bertz CT molecular complexity index is 804. The molecule has 22 heavy (non-hydrogen) atoms. The van der Waals surface area contributed by atoms with Crippen LogP contribution in [0.2, 0.25) is 0 Å². The molecule has 0 aliphatic heterocycles. The fraction of sp³-hybridized carbons (Fsp3) is 0.368. The normalized spacial score (nSPS) is 23.1. The zero-order chi connectivity index (χ0) is 15.9. The first-order chi connectivity index (χ1) is 10.5. The molecule has 0 N–H and O–H groups in total. The van der Waals surface area contributed by atoms with Gasteiger partial charge in [-0.2, -0.15) is 10.5 Å². The summed E-state index contributed by atoms with van der Waals surface area (Å²) in [5, 5.41) is 19.2. The molecule has 1 aromatic carbocycles.